The van der Waals surface area contributed by atoms with Gasteiger partial charge in [0.15, 0.2) is 0 Å². The number of nitrogens with one attached hydrogen (secondary N) is 1. The van der Waals surface area contributed by atoms with Crippen molar-refractivity contribution in [2.45, 2.75) is 6.92 Å². The lowest BCUT2D eigenvalue weighted by Gasteiger charge is -2.36. The summed E-state index contributed by atoms with van der Waals surface area (Å²) in [5.74, 6) is 0. The van der Waals surface area contributed by atoms with Gasteiger partial charge in [-0.2, -0.15) is 5.26 Å². The molecule has 1 saturated heterocycles. The maximum atomic E-state index is 12.4. The van der Waals surface area contributed by atoms with Crippen molar-refractivity contribution >= 4 is 33.3 Å². The molecule has 6 heteroatoms. The molecule has 2 amide bonds. The van der Waals surface area contributed by atoms with Crippen molar-refractivity contribution in [2.75, 3.05) is 36.4 Å². The normalized spacial score (nSPS) is 14.1. The average Bonchev–Trinajstić information content (AvgIpc) is 2.65. The van der Waals surface area contributed by atoms with E-state index >= 15 is 0 Å². The van der Waals surface area contributed by atoms with Crippen LogP contribution < -0.4 is 10.2 Å². The number of rotatable bonds is 2. The minimum Gasteiger partial charge on any atom is -0.368 e. The van der Waals surface area contributed by atoms with Gasteiger partial charge < -0.3 is 15.1 Å². The van der Waals surface area contributed by atoms with Crippen molar-refractivity contribution in [1.82, 2.24) is 4.90 Å². The highest BCUT2D eigenvalue weighted by atomic mass is 79.9. The van der Waals surface area contributed by atoms with E-state index in [-0.39, 0.29) is 6.03 Å². The molecular formula is C19H19BrN4O. The van der Waals surface area contributed by atoms with Crippen LogP contribution in [0.15, 0.2) is 46.9 Å². The number of benzene rings is 2. The molecule has 1 N–H and O–H groups in total. The van der Waals surface area contributed by atoms with E-state index in [9.17, 15) is 4.79 Å². The van der Waals surface area contributed by atoms with E-state index < -0.39 is 0 Å². The van der Waals surface area contributed by atoms with E-state index in [4.69, 9.17) is 5.26 Å². The van der Waals surface area contributed by atoms with Gasteiger partial charge in [-0.3, -0.25) is 0 Å². The van der Waals surface area contributed by atoms with Gasteiger partial charge in [0.05, 0.1) is 11.6 Å². The number of anilines is 2. The molecule has 0 bridgehead atoms. The SMILES string of the molecule is Cc1ccc(NC(=O)N2CCN(c3cccc(C#N)c3)CC2)cc1Br. The third kappa shape index (κ3) is 4.12. The summed E-state index contributed by atoms with van der Waals surface area (Å²) in [6.07, 6.45) is 0. The van der Waals surface area contributed by atoms with E-state index in [1.807, 2.05) is 48.2 Å². The molecule has 0 radical (unpaired) electrons. The number of amides is 2. The number of urea groups is 1. The van der Waals surface area contributed by atoms with Crippen molar-refractivity contribution < 1.29 is 4.79 Å². The Bertz CT molecular complexity index is 822. The monoisotopic (exact) mass is 398 g/mol. The fourth-order valence-electron chi connectivity index (χ4n) is 2.81. The zero-order chi connectivity index (χ0) is 17.8. The molecule has 25 heavy (non-hydrogen) atoms. The molecule has 1 heterocycles. The largest absolute Gasteiger partial charge is 0.368 e. The maximum absolute atomic E-state index is 12.4. The van der Waals surface area contributed by atoms with Crippen molar-refractivity contribution in [3.63, 3.8) is 0 Å². The van der Waals surface area contributed by atoms with Crippen molar-refractivity contribution in [3.05, 3.63) is 58.1 Å². The molecule has 2 aromatic rings. The molecule has 3 rings (SSSR count). The van der Waals surface area contributed by atoms with Crippen molar-refractivity contribution in [1.29, 1.82) is 5.26 Å². The summed E-state index contributed by atoms with van der Waals surface area (Å²) in [7, 11) is 0. The number of carbonyl (C=O) groups excluding carboxylic acids is 1. The Morgan fingerprint density at radius 3 is 2.60 bits per heavy atom. The molecule has 0 unspecified atom stereocenters. The summed E-state index contributed by atoms with van der Waals surface area (Å²) in [6.45, 7) is 4.81. The topological polar surface area (TPSA) is 59.4 Å². The summed E-state index contributed by atoms with van der Waals surface area (Å²) in [5, 5.41) is 12.0. The third-order valence-electron chi connectivity index (χ3n) is 4.33. The fraction of sp³-hybridized carbons (Fsp3) is 0.263. The van der Waals surface area contributed by atoms with Gasteiger partial charge in [-0.25, -0.2) is 4.79 Å². The number of aryl methyl sites for hydroxylation is 1. The van der Waals surface area contributed by atoms with E-state index in [0.717, 1.165) is 34.5 Å². The van der Waals surface area contributed by atoms with Crippen LogP contribution in [0.25, 0.3) is 0 Å². The first kappa shape index (κ1) is 17.3. The maximum Gasteiger partial charge on any atom is 0.321 e. The highest BCUT2D eigenvalue weighted by molar-refractivity contribution is 9.10. The van der Waals surface area contributed by atoms with Crippen LogP contribution in [0, 0.1) is 18.3 Å². The van der Waals surface area contributed by atoms with Crippen LogP contribution >= 0.6 is 15.9 Å². The number of hydrogen-bond donors (Lipinski definition) is 1. The van der Waals surface area contributed by atoms with E-state index in [1.165, 1.54) is 0 Å². The van der Waals surface area contributed by atoms with E-state index in [0.29, 0.717) is 18.7 Å². The van der Waals surface area contributed by atoms with Crippen LogP contribution in [-0.4, -0.2) is 37.1 Å². The van der Waals surface area contributed by atoms with Gasteiger partial charge in [-0.1, -0.05) is 28.1 Å². The standard InChI is InChI=1S/C19H19BrN4O/c1-14-5-6-16(12-18(14)20)22-19(25)24-9-7-23(8-10-24)17-4-2-3-15(11-17)13-21/h2-6,11-12H,7-10H2,1H3,(H,22,25). The minimum absolute atomic E-state index is 0.0822. The first-order valence-corrected chi connectivity index (χ1v) is 8.93. The van der Waals surface area contributed by atoms with E-state index in [2.05, 4.69) is 32.2 Å². The lowest BCUT2D eigenvalue weighted by molar-refractivity contribution is 0.208. The van der Waals surface area contributed by atoms with Crippen LogP contribution in [0.4, 0.5) is 16.2 Å². The Kier molecular flexibility index (Phi) is 5.25. The second-order valence-electron chi connectivity index (χ2n) is 6.03. The minimum atomic E-state index is -0.0822. The molecule has 0 atom stereocenters. The second kappa shape index (κ2) is 7.58. The Labute approximate surface area is 156 Å². The molecule has 0 aliphatic carbocycles. The van der Waals surface area contributed by atoms with Gasteiger partial charge >= 0.3 is 6.03 Å². The van der Waals surface area contributed by atoms with Crippen LogP contribution in [0.2, 0.25) is 0 Å². The van der Waals surface area contributed by atoms with Gasteiger partial charge in [0, 0.05) is 42.0 Å². The summed E-state index contributed by atoms with van der Waals surface area (Å²) >= 11 is 3.48. The third-order valence-corrected chi connectivity index (χ3v) is 5.18. The molecule has 1 aliphatic heterocycles. The number of nitrogens with zero attached hydrogens (tertiary/aromatic N) is 3. The highest BCUT2D eigenvalue weighted by Gasteiger charge is 2.21. The van der Waals surface area contributed by atoms with Gasteiger partial charge in [-0.05, 0) is 42.8 Å². The number of nitriles is 1. The molecule has 0 aromatic heterocycles. The average molecular weight is 399 g/mol. The predicted octanol–water partition coefficient (Wildman–Crippen LogP) is 3.98. The van der Waals surface area contributed by atoms with Crippen LogP contribution in [0.1, 0.15) is 11.1 Å². The first-order valence-electron chi connectivity index (χ1n) is 8.14. The molecule has 0 saturated carbocycles. The van der Waals surface area contributed by atoms with Gasteiger partial charge in [-0.15, -0.1) is 0 Å². The van der Waals surface area contributed by atoms with Gasteiger partial charge in [0.1, 0.15) is 0 Å². The van der Waals surface area contributed by atoms with Gasteiger partial charge in [0.2, 0.25) is 0 Å². The zero-order valence-electron chi connectivity index (χ0n) is 14.0. The Balaban J connectivity index is 1.58. The molecule has 1 aliphatic rings. The second-order valence-corrected chi connectivity index (χ2v) is 6.88. The van der Waals surface area contributed by atoms with Crippen LogP contribution in [0.3, 0.4) is 0 Å². The molecule has 2 aromatic carbocycles. The highest BCUT2D eigenvalue weighted by Crippen LogP contribution is 2.22. The predicted molar refractivity (Wildman–Crippen MR) is 103 cm³/mol. The molecule has 0 spiro atoms. The fourth-order valence-corrected chi connectivity index (χ4v) is 3.19. The van der Waals surface area contributed by atoms with Crippen molar-refractivity contribution in [2.24, 2.45) is 0 Å². The lowest BCUT2D eigenvalue weighted by Crippen LogP contribution is -2.50. The van der Waals surface area contributed by atoms with Crippen LogP contribution in [0.5, 0.6) is 0 Å². The van der Waals surface area contributed by atoms with E-state index in [1.54, 1.807) is 6.07 Å². The molecule has 128 valence electrons. The Morgan fingerprint density at radius 1 is 1.16 bits per heavy atom. The smallest absolute Gasteiger partial charge is 0.321 e. The molecular weight excluding hydrogens is 380 g/mol. The lowest BCUT2D eigenvalue weighted by atomic mass is 10.2. The summed E-state index contributed by atoms with van der Waals surface area (Å²) in [5.41, 5.74) is 3.60. The summed E-state index contributed by atoms with van der Waals surface area (Å²) in [4.78, 5) is 16.5. The zero-order valence-corrected chi connectivity index (χ0v) is 15.6. The Hall–Kier alpha value is -2.52. The van der Waals surface area contributed by atoms with Crippen LogP contribution in [-0.2, 0) is 0 Å². The first-order chi connectivity index (χ1) is 12.1. The number of piperazine rings is 1. The number of halogens is 1. The molecule has 5 nitrogen and oxygen atoms in total. The summed E-state index contributed by atoms with van der Waals surface area (Å²) < 4.78 is 0.979. The summed E-state index contributed by atoms with van der Waals surface area (Å²) in [6, 6.07) is 15.5. The number of hydrogen-bond acceptors (Lipinski definition) is 3. The van der Waals surface area contributed by atoms with Crippen molar-refractivity contribution in [3.8, 4) is 6.07 Å². The quantitative estimate of drug-likeness (QED) is 0.831. The molecule has 1 fully saturated rings. The number of carbonyl (C=O) groups is 1. The van der Waals surface area contributed by atoms with Gasteiger partial charge in [0.25, 0.3) is 0 Å². The Morgan fingerprint density at radius 2 is 1.92 bits per heavy atom.